The Balaban J connectivity index is 1.82. The maximum atomic E-state index is 13.6. The molecule has 0 bridgehead atoms. The molecule has 1 aromatic heterocycles. The fourth-order valence-electron chi connectivity index (χ4n) is 4.08. The lowest BCUT2D eigenvalue weighted by Crippen LogP contribution is -2.29. The summed E-state index contributed by atoms with van der Waals surface area (Å²) in [5, 5.41) is 13.6. The van der Waals surface area contributed by atoms with Gasteiger partial charge in [-0.05, 0) is 67.8 Å². The van der Waals surface area contributed by atoms with Crippen molar-refractivity contribution in [1.29, 1.82) is 0 Å². The van der Waals surface area contributed by atoms with Crippen molar-refractivity contribution in [2.45, 2.75) is 39.5 Å². The molecule has 0 radical (unpaired) electrons. The number of aryl methyl sites for hydroxylation is 1. The van der Waals surface area contributed by atoms with Crippen LogP contribution in [0.25, 0.3) is 5.76 Å². The summed E-state index contributed by atoms with van der Waals surface area (Å²) in [4.78, 5) is 30.7. The highest BCUT2D eigenvalue weighted by Crippen LogP contribution is 2.40. The molecule has 0 saturated carbocycles. The number of hydrogen-bond acceptors (Lipinski definition) is 4. The molecule has 1 aliphatic heterocycles. The van der Waals surface area contributed by atoms with Gasteiger partial charge in [0, 0.05) is 21.7 Å². The molecule has 0 spiro atoms. The lowest BCUT2D eigenvalue weighted by atomic mass is 9.94. The average molecular weight is 521 g/mol. The summed E-state index contributed by atoms with van der Waals surface area (Å²) in [6.07, 6.45) is 3.53. The summed E-state index contributed by atoms with van der Waals surface area (Å²) >= 11 is 3.42. The van der Waals surface area contributed by atoms with Crippen LogP contribution < -0.4 is 14.8 Å². The Bertz CT molecular complexity index is 1250. The third-order valence-electron chi connectivity index (χ3n) is 5.64. The molecule has 4 rings (SSSR count). The number of aromatic nitrogens is 1. The number of nitrogens with zero attached hydrogens (tertiary/aromatic N) is 1. The highest BCUT2D eigenvalue weighted by Gasteiger charge is 2.44. The first-order valence-corrected chi connectivity index (χ1v) is 11.8. The summed E-state index contributed by atoms with van der Waals surface area (Å²) in [6.45, 7) is 5.91. The molecule has 1 N–H and O–H groups in total. The standard InChI is InChI=1S/C27H25BrN2O4/c1-16(2)34-22-11-8-20(13-17(22)3)25(31)23-24(19-6-9-21(28)10-7-19)30(27(33)26(23)32)15-18-5-4-12-29-14-18/h4-14,16,24,31H,15H2,1-3H3/b25-23+. The Morgan fingerprint density at radius 1 is 1.15 bits per heavy atom. The van der Waals surface area contributed by atoms with Gasteiger partial charge in [-0.15, -0.1) is 0 Å². The number of ether oxygens (including phenoxy) is 1. The molecule has 7 heteroatoms. The van der Waals surface area contributed by atoms with E-state index in [-0.39, 0.29) is 18.2 Å². The molecule has 174 valence electrons. The fourth-order valence-corrected chi connectivity index (χ4v) is 4.35. The zero-order chi connectivity index (χ0) is 24.4. The van der Waals surface area contributed by atoms with Crippen molar-refractivity contribution in [2.75, 3.05) is 0 Å². The van der Waals surface area contributed by atoms with Crippen molar-refractivity contribution in [2.24, 2.45) is 0 Å². The quantitative estimate of drug-likeness (QED) is 0.281. The zero-order valence-corrected chi connectivity index (χ0v) is 20.8. The van der Waals surface area contributed by atoms with E-state index < -0.39 is 23.5 Å². The first-order valence-electron chi connectivity index (χ1n) is 11.0. The number of halogens is 1. The molecular weight excluding hydrogens is 496 g/mol. The predicted molar refractivity (Wildman–Crippen MR) is 129 cm³/mol. The summed E-state index contributed by atoms with van der Waals surface area (Å²) in [5.41, 5.74) is 2.62. The van der Waals surface area contributed by atoms with Crippen molar-refractivity contribution >= 4 is 33.4 Å². The van der Waals surface area contributed by atoms with Crippen LogP contribution >= 0.6 is 15.9 Å². The van der Waals surface area contributed by atoms with Crippen LogP contribution in [-0.4, -0.2) is 22.7 Å². The van der Waals surface area contributed by atoms with E-state index in [2.05, 4.69) is 20.9 Å². The smallest absolute Gasteiger partial charge is 0.295 e. The molecule has 1 fully saturated rings. The maximum absolute atomic E-state index is 13.6. The number of amides is 1. The molecule has 2 heterocycles. The number of H-pyrrole nitrogens is 1. The van der Waals surface area contributed by atoms with Crippen LogP contribution in [0.5, 0.6) is 5.75 Å². The van der Waals surface area contributed by atoms with Gasteiger partial charge in [0.15, 0.2) is 12.4 Å². The minimum Gasteiger partial charge on any atom is -0.872 e. The second kappa shape index (κ2) is 9.81. The third kappa shape index (κ3) is 4.75. The number of ketones is 1. The lowest BCUT2D eigenvalue weighted by molar-refractivity contribution is -0.378. The molecule has 3 aromatic rings. The van der Waals surface area contributed by atoms with Gasteiger partial charge >= 0.3 is 0 Å². The molecule has 1 atom stereocenters. The maximum Gasteiger partial charge on any atom is 0.295 e. The first kappa shape index (κ1) is 23.7. The van der Waals surface area contributed by atoms with Crippen LogP contribution in [-0.2, 0) is 16.1 Å². The highest BCUT2D eigenvalue weighted by atomic mass is 79.9. The van der Waals surface area contributed by atoms with Crippen LogP contribution in [0, 0.1) is 6.92 Å². The number of carbonyl (C=O) groups excluding carboxylic acids is 2. The van der Waals surface area contributed by atoms with Crippen molar-refractivity contribution < 1.29 is 24.4 Å². The van der Waals surface area contributed by atoms with Gasteiger partial charge in [-0.1, -0.05) is 39.9 Å². The molecule has 0 aliphatic carbocycles. The summed E-state index contributed by atoms with van der Waals surface area (Å²) < 4.78 is 6.64. The average Bonchev–Trinajstić information content (AvgIpc) is 3.06. The molecule has 1 unspecified atom stereocenters. The minimum atomic E-state index is -0.785. The lowest BCUT2D eigenvalue weighted by Gasteiger charge is -2.27. The summed E-state index contributed by atoms with van der Waals surface area (Å²) in [7, 11) is 0. The van der Waals surface area contributed by atoms with Gasteiger partial charge in [0.25, 0.3) is 5.91 Å². The van der Waals surface area contributed by atoms with E-state index in [0.717, 1.165) is 15.6 Å². The molecule has 1 amide bonds. The Morgan fingerprint density at radius 3 is 2.50 bits per heavy atom. The number of carbonyl (C=O) groups is 2. The van der Waals surface area contributed by atoms with Crippen LogP contribution in [0.2, 0.25) is 0 Å². The molecule has 2 aromatic carbocycles. The molecular formula is C27H25BrN2O4. The minimum absolute atomic E-state index is 0.00534. The number of rotatable bonds is 6. The van der Waals surface area contributed by atoms with Gasteiger partial charge in [-0.2, -0.15) is 0 Å². The fraction of sp³-hybridized carbons (Fsp3) is 0.222. The first-order chi connectivity index (χ1) is 16.3. The molecule has 1 aliphatic rings. The van der Waals surface area contributed by atoms with Crippen molar-refractivity contribution in [3.8, 4) is 5.75 Å². The number of pyridine rings is 1. The van der Waals surface area contributed by atoms with Crippen LogP contribution in [0.1, 0.15) is 42.1 Å². The number of benzene rings is 2. The van der Waals surface area contributed by atoms with Crippen molar-refractivity contribution in [3.05, 3.63) is 99.3 Å². The van der Waals surface area contributed by atoms with E-state index in [4.69, 9.17) is 4.74 Å². The summed E-state index contributed by atoms with van der Waals surface area (Å²) in [5.74, 6) is -1.22. The molecule has 1 saturated heterocycles. The van der Waals surface area contributed by atoms with Crippen LogP contribution in [0.4, 0.5) is 0 Å². The predicted octanol–water partition coefficient (Wildman–Crippen LogP) is 3.78. The van der Waals surface area contributed by atoms with Crippen molar-refractivity contribution in [1.82, 2.24) is 4.90 Å². The Hall–Kier alpha value is -3.45. The molecule has 34 heavy (non-hydrogen) atoms. The highest BCUT2D eigenvalue weighted by molar-refractivity contribution is 9.10. The van der Waals surface area contributed by atoms with Crippen LogP contribution in [0.15, 0.2) is 77.0 Å². The number of hydrogen-bond donors (Lipinski definition) is 0. The van der Waals surface area contributed by atoms with Gasteiger partial charge in [0.2, 0.25) is 5.78 Å². The number of Topliss-reactive ketones (excluding diaryl/α,β-unsaturated/α-hetero) is 1. The number of likely N-dealkylation sites (tertiary alicyclic amines) is 1. The van der Waals surface area contributed by atoms with Crippen molar-refractivity contribution in [3.63, 3.8) is 0 Å². The van der Waals surface area contributed by atoms with Crippen LogP contribution in [0.3, 0.4) is 0 Å². The van der Waals surface area contributed by atoms with E-state index in [9.17, 15) is 14.7 Å². The van der Waals surface area contributed by atoms with E-state index in [1.807, 2.05) is 57.2 Å². The van der Waals surface area contributed by atoms with E-state index in [1.165, 1.54) is 4.90 Å². The second-order valence-corrected chi connectivity index (χ2v) is 9.43. The Labute approximate surface area is 207 Å². The Kier molecular flexibility index (Phi) is 6.84. The van der Waals surface area contributed by atoms with Gasteiger partial charge in [-0.3, -0.25) is 9.59 Å². The largest absolute Gasteiger partial charge is 0.872 e. The number of nitrogens with one attached hydrogen (secondary N) is 1. The van der Waals surface area contributed by atoms with Gasteiger partial charge in [0.1, 0.15) is 5.75 Å². The van der Waals surface area contributed by atoms with E-state index >= 15 is 0 Å². The normalized spacial score (nSPS) is 17.4. The molecule has 6 nitrogen and oxygen atoms in total. The van der Waals surface area contributed by atoms with E-state index in [0.29, 0.717) is 16.9 Å². The second-order valence-electron chi connectivity index (χ2n) is 8.52. The van der Waals surface area contributed by atoms with Gasteiger partial charge in [-0.25, -0.2) is 4.98 Å². The van der Waals surface area contributed by atoms with E-state index in [1.54, 1.807) is 30.6 Å². The van der Waals surface area contributed by atoms with Gasteiger partial charge < -0.3 is 14.7 Å². The zero-order valence-electron chi connectivity index (χ0n) is 19.2. The topological polar surface area (TPSA) is 83.8 Å². The van der Waals surface area contributed by atoms with Gasteiger partial charge in [0.05, 0.1) is 18.7 Å². The third-order valence-corrected chi connectivity index (χ3v) is 6.17. The SMILES string of the molecule is Cc1cc(/C([O-])=C2\C(=O)C(=O)N(Cc3ccc[nH+]c3)C2c2ccc(Br)cc2)ccc1OC(C)C. The number of aromatic amines is 1. The summed E-state index contributed by atoms with van der Waals surface area (Å²) in [6, 6.07) is 15.3. The monoisotopic (exact) mass is 520 g/mol. The Morgan fingerprint density at radius 2 is 1.88 bits per heavy atom.